The molecule has 5 heteroatoms. The number of rotatable bonds is 4. The van der Waals surface area contributed by atoms with Crippen molar-refractivity contribution in [2.45, 2.75) is 26.7 Å². The monoisotopic (exact) mass is 176 g/mol. The molecule has 0 bridgehead atoms. The minimum Gasteiger partial charge on any atom is -0.481 e. The Morgan fingerprint density at radius 1 is 1.58 bits per heavy atom. The molecule has 0 unspecified atom stereocenters. The first-order chi connectivity index (χ1) is 4.86. The number of hydrogen-bond acceptors (Lipinski definition) is 2. The summed E-state index contributed by atoms with van der Waals surface area (Å²) in [4.78, 5) is 10.2. The molecule has 0 heterocycles. The molecule has 0 aliphatic heterocycles. The Bertz CT molecular complexity index is 177. The van der Waals surface area contributed by atoms with Crippen molar-refractivity contribution < 1.29 is 15.4 Å². The molecule has 0 saturated carbocycles. The van der Waals surface area contributed by atoms with E-state index in [0.29, 0.717) is 6.42 Å². The van der Waals surface area contributed by atoms with E-state index < -0.39 is 11.4 Å². The van der Waals surface area contributed by atoms with Gasteiger partial charge in [0.25, 0.3) is 0 Å². The maximum atomic E-state index is 10.2. The van der Waals surface area contributed by atoms with Crippen LogP contribution in [0.2, 0.25) is 0 Å². The molecule has 6 N–H and O–H groups in total. The van der Waals surface area contributed by atoms with Crippen LogP contribution in [0.4, 0.5) is 0 Å². The third-order valence-corrected chi connectivity index (χ3v) is 1.69. The van der Waals surface area contributed by atoms with Gasteiger partial charge in [-0.05, 0) is 6.42 Å². The summed E-state index contributed by atoms with van der Waals surface area (Å²) in [6.45, 7) is 3.52. The fourth-order valence-electron chi connectivity index (χ4n) is 0.554. The van der Waals surface area contributed by atoms with Crippen LogP contribution in [0.25, 0.3) is 0 Å². The highest BCUT2D eigenvalue weighted by Crippen LogP contribution is 2.21. The molecule has 0 amide bonds. The van der Waals surface area contributed by atoms with E-state index >= 15 is 0 Å². The van der Waals surface area contributed by atoms with Crippen molar-refractivity contribution in [3.8, 4) is 0 Å². The molecule has 0 fully saturated rings. The second kappa shape index (κ2) is 4.71. The zero-order chi connectivity index (χ0) is 9.07. The van der Waals surface area contributed by atoms with Crippen LogP contribution in [0.1, 0.15) is 26.7 Å². The van der Waals surface area contributed by atoms with E-state index in [2.05, 4.69) is 0 Å². The third-order valence-electron chi connectivity index (χ3n) is 1.69. The summed E-state index contributed by atoms with van der Waals surface area (Å²) in [6, 6.07) is 0. The summed E-state index contributed by atoms with van der Waals surface area (Å²) in [7, 11) is 0. The quantitative estimate of drug-likeness (QED) is 0.412. The molecule has 0 rings (SSSR count). The van der Waals surface area contributed by atoms with Crippen LogP contribution in [0.3, 0.4) is 0 Å². The molecular weight excluding hydrogens is 160 g/mol. The van der Waals surface area contributed by atoms with E-state index in [4.69, 9.17) is 16.2 Å². The molecule has 0 aromatic heterocycles. The predicted octanol–water partition coefficient (Wildman–Crippen LogP) is -0.0113. The molecule has 0 aromatic carbocycles. The van der Waals surface area contributed by atoms with Gasteiger partial charge in [0.1, 0.15) is 0 Å². The molecule has 72 valence electrons. The standard InChI is InChI=1S/C7H14N2O2.H2O/c1-7(2,6(8)9)4-3-5(10)11;/h3-4H2,1-2H3,(H3,8,9)(H,10,11);1H2. The first-order valence-electron chi connectivity index (χ1n) is 3.42. The maximum absolute atomic E-state index is 10.2. The highest BCUT2D eigenvalue weighted by Gasteiger charge is 2.22. The highest BCUT2D eigenvalue weighted by molar-refractivity contribution is 5.83. The van der Waals surface area contributed by atoms with Gasteiger partial charge >= 0.3 is 5.97 Å². The lowest BCUT2D eigenvalue weighted by molar-refractivity contribution is -0.137. The molecule has 0 radical (unpaired) electrons. The number of carbonyl (C=O) groups is 1. The van der Waals surface area contributed by atoms with Gasteiger partial charge in [-0.1, -0.05) is 13.8 Å². The summed E-state index contributed by atoms with van der Waals surface area (Å²) < 4.78 is 0. The molecule has 0 atom stereocenters. The fourth-order valence-corrected chi connectivity index (χ4v) is 0.554. The largest absolute Gasteiger partial charge is 0.481 e. The van der Waals surface area contributed by atoms with Crippen molar-refractivity contribution in [2.24, 2.45) is 11.1 Å². The molecular formula is C7H16N2O3. The van der Waals surface area contributed by atoms with Crippen LogP contribution < -0.4 is 5.73 Å². The van der Waals surface area contributed by atoms with Crippen LogP contribution >= 0.6 is 0 Å². The molecule has 0 aliphatic rings. The van der Waals surface area contributed by atoms with Gasteiger partial charge in [0.15, 0.2) is 0 Å². The van der Waals surface area contributed by atoms with Crippen molar-refractivity contribution in [1.29, 1.82) is 5.41 Å². The lowest BCUT2D eigenvalue weighted by atomic mass is 9.87. The second-order valence-corrected chi connectivity index (χ2v) is 3.19. The lowest BCUT2D eigenvalue weighted by Crippen LogP contribution is -2.31. The number of nitrogens with one attached hydrogen (secondary N) is 1. The topological polar surface area (TPSA) is 119 Å². The predicted molar refractivity (Wildman–Crippen MR) is 46.2 cm³/mol. The lowest BCUT2D eigenvalue weighted by Gasteiger charge is -2.21. The van der Waals surface area contributed by atoms with Crippen molar-refractivity contribution in [1.82, 2.24) is 0 Å². The SMILES string of the molecule is CC(C)(CCC(=O)O)C(=N)N.O. The van der Waals surface area contributed by atoms with Crippen LogP contribution in [0.15, 0.2) is 0 Å². The summed E-state index contributed by atoms with van der Waals surface area (Å²) in [5.74, 6) is -0.807. The third kappa shape index (κ3) is 4.68. The van der Waals surface area contributed by atoms with Crippen molar-refractivity contribution in [3.05, 3.63) is 0 Å². The highest BCUT2D eigenvalue weighted by atomic mass is 16.4. The van der Waals surface area contributed by atoms with E-state index in [9.17, 15) is 4.79 Å². The average molecular weight is 176 g/mol. The zero-order valence-electron chi connectivity index (χ0n) is 7.35. The van der Waals surface area contributed by atoms with Crippen molar-refractivity contribution in [2.75, 3.05) is 0 Å². The number of carboxylic acids is 1. The smallest absolute Gasteiger partial charge is 0.303 e. The summed E-state index contributed by atoms with van der Waals surface area (Å²) in [5, 5.41) is 15.5. The van der Waals surface area contributed by atoms with Gasteiger partial charge in [-0.2, -0.15) is 0 Å². The van der Waals surface area contributed by atoms with Gasteiger partial charge in [-0.25, -0.2) is 0 Å². The molecule has 0 aromatic rings. The Hall–Kier alpha value is -1.10. The second-order valence-electron chi connectivity index (χ2n) is 3.19. The molecule has 5 nitrogen and oxygen atoms in total. The maximum Gasteiger partial charge on any atom is 0.303 e. The Morgan fingerprint density at radius 2 is 2.00 bits per heavy atom. The van der Waals surface area contributed by atoms with Crippen LogP contribution in [-0.4, -0.2) is 22.4 Å². The zero-order valence-corrected chi connectivity index (χ0v) is 7.35. The molecule has 0 spiro atoms. The minimum atomic E-state index is -0.848. The van der Waals surface area contributed by atoms with Crippen molar-refractivity contribution in [3.63, 3.8) is 0 Å². The summed E-state index contributed by atoms with van der Waals surface area (Å²) >= 11 is 0. The van der Waals surface area contributed by atoms with Gasteiger partial charge in [-0.15, -0.1) is 0 Å². The number of carboxylic acid groups (broad SMARTS) is 1. The van der Waals surface area contributed by atoms with E-state index in [1.165, 1.54) is 0 Å². The van der Waals surface area contributed by atoms with Gasteiger partial charge in [0.2, 0.25) is 0 Å². The molecule has 0 saturated heterocycles. The van der Waals surface area contributed by atoms with Gasteiger partial charge in [-0.3, -0.25) is 10.2 Å². The minimum absolute atomic E-state index is 0. The Balaban J connectivity index is 0. The average Bonchev–Trinajstić information content (AvgIpc) is 1.84. The number of nitrogens with two attached hydrogens (primary N) is 1. The Kier molecular flexibility index (Phi) is 5.30. The van der Waals surface area contributed by atoms with Crippen LogP contribution in [0.5, 0.6) is 0 Å². The van der Waals surface area contributed by atoms with Gasteiger partial charge in [0, 0.05) is 11.8 Å². The van der Waals surface area contributed by atoms with Crippen LogP contribution in [-0.2, 0) is 4.79 Å². The summed E-state index contributed by atoms with van der Waals surface area (Å²) in [6.07, 6.45) is 0.476. The van der Waals surface area contributed by atoms with E-state index in [1.807, 2.05) is 0 Å². The fraction of sp³-hybridized carbons (Fsp3) is 0.714. The number of aliphatic carboxylic acids is 1. The van der Waals surface area contributed by atoms with Gasteiger partial charge < -0.3 is 16.3 Å². The van der Waals surface area contributed by atoms with E-state index in [0.717, 1.165) is 0 Å². The Labute approximate surface area is 71.4 Å². The Morgan fingerprint density at radius 3 is 2.25 bits per heavy atom. The first-order valence-corrected chi connectivity index (χ1v) is 3.42. The molecule has 12 heavy (non-hydrogen) atoms. The summed E-state index contributed by atoms with van der Waals surface area (Å²) in [5.41, 5.74) is 4.76. The number of hydrogen-bond donors (Lipinski definition) is 3. The molecule has 0 aliphatic carbocycles. The van der Waals surface area contributed by atoms with E-state index in [1.54, 1.807) is 13.8 Å². The first kappa shape index (κ1) is 13.5. The van der Waals surface area contributed by atoms with Crippen LogP contribution in [0, 0.1) is 10.8 Å². The number of amidine groups is 1. The van der Waals surface area contributed by atoms with Gasteiger partial charge in [0.05, 0.1) is 5.84 Å². The van der Waals surface area contributed by atoms with Crippen molar-refractivity contribution >= 4 is 11.8 Å². The normalized spacial score (nSPS) is 10.2. The van der Waals surface area contributed by atoms with E-state index in [-0.39, 0.29) is 17.7 Å².